The predicted octanol–water partition coefficient (Wildman–Crippen LogP) is 3.19. The number of hydrogen-bond donors (Lipinski definition) is 2. The van der Waals surface area contributed by atoms with Crippen LogP contribution in [0.2, 0.25) is 0 Å². The van der Waals surface area contributed by atoms with Gasteiger partial charge in [0.1, 0.15) is 11.5 Å². The van der Waals surface area contributed by atoms with E-state index < -0.39 is 12.6 Å². The van der Waals surface area contributed by atoms with E-state index in [-0.39, 0.29) is 11.8 Å². The number of carbonyl (C=O) groups is 2. The molecule has 0 radical (unpaired) electrons. The summed E-state index contributed by atoms with van der Waals surface area (Å²) >= 11 is 0. The Bertz CT molecular complexity index is 702. The van der Waals surface area contributed by atoms with Gasteiger partial charge in [-0.05, 0) is 30.7 Å². The SMILES string of the molecule is CC(CCOc1ccccc1)C(=O)Nc1cccc(OCC(=O)O)c1. The molecule has 1 amide bonds. The van der Waals surface area contributed by atoms with Crippen LogP contribution in [0.15, 0.2) is 54.6 Å². The van der Waals surface area contributed by atoms with E-state index in [1.165, 1.54) is 0 Å². The number of amides is 1. The minimum Gasteiger partial charge on any atom is -0.494 e. The molecule has 0 aliphatic rings. The van der Waals surface area contributed by atoms with E-state index in [0.29, 0.717) is 24.5 Å². The maximum Gasteiger partial charge on any atom is 0.341 e. The molecular weight excluding hydrogens is 322 g/mol. The Balaban J connectivity index is 1.80. The Kier molecular flexibility index (Phi) is 6.83. The molecule has 2 aromatic rings. The highest BCUT2D eigenvalue weighted by atomic mass is 16.5. The summed E-state index contributed by atoms with van der Waals surface area (Å²) in [6.45, 7) is 1.85. The Labute approximate surface area is 146 Å². The molecule has 6 nitrogen and oxygen atoms in total. The van der Waals surface area contributed by atoms with Crippen molar-refractivity contribution in [2.24, 2.45) is 5.92 Å². The number of anilines is 1. The lowest BCUT2D eigenvalue weighted by molar-refractivity contribution is -0.139. The third-order valence-corrected chi connectivity index (χ3v) is 3.47. The highest BCUT2D eigenvalue weighted by Gasteiger charge is 2.13. The summed E-state index contributed by atoms with van der Waals surface area (Å²) in [6.07, 6.45) is 0.579. The second-order valence-electron chi connectivity index (χ2n) is 5.55. The molecule has 0 fully saturated rings. The number of carboxylic acid groups (broad SMARTS) is 1. The number of nitrogens with one attached hydrogen (secondary N) is 1. The summed E-state index contributed by atoms with van der Waals surface area (Å²) in [5.74, 6) is -0.250. The number of carboxylic acids is 1. The molecule has 2 N–H and O–H groups in total. The van der Waals surface area contributed by atoms with Crippen LogP contribution in [0, 0.1) is 5.92 Å². The summed E-state index contributed by atoms with van der Waals surface area (Å²) in [5, 5.41) is 11.4. The van der Waals surface area contributed by atoms with Gasteiger partial charge in [0, 0.05) is 17.7 Å². The van der Waals surface area contributed by atoms with Crippen molar-refractivity contribution in [2.75, 3.05) is 18.5 Å². The molecule has 2 aromatic carbocycles. The van der Waals surface area contributed by atoms with Gasteiger partial charge in [0.25, 0.3) is 0 Å². The van der Waals surface area contributed by atoms with Crippen molar-refractivity contribution in [1.82, 2.24) is 0 Å². The highest BCUT2D eigenvalue weighted by Crippen LogP contribution is 2.18. The third-order valence-electron chi connectivity index (χ3n) is 3.47. The number of benzene rings is 2. The van der Waals surface area contributed by atoms with E-state index >= 15 is 0 Å². The normalized spacial score (nSPS) is 11.4. The van der Waals surface area contributed by atoms with Crippen LogP contribution >= 0.6 is 0 Å². The summed E-state index contributed by atoms with van der Waals surface area (Å²) in [6, 6.07) is 16.1. The van der Waals surface area contributed by atoms with Gasteiger partial charge < -0.3 is 19.9 Å². The molecule has 0 saturated heterocycles. The molecule has 25 heavy (non-hydrogen) atoms. The lowest BCUT2D eigenvalue weighted by Crippen LogP contribution is -2.22. The van der Waals surface area contributed by atoms with Crippen LogP contribution in [-0.2, 0) is 9.59 Å². The van der Waals surface area contributed by atoms with Crippen LogP contribution < -0.4 is 14.8 Å². The van der Waals surface area contributed by atoms with E-state index in [0.717, 1.165) is 5.75 Å². The van der Waals surface area contributed by atoms with Gasteiger partial charge in [0.05, 0.1) is 6.61 Å². The standard InChI is InChI=1S/C19H21NO5/c1-14(10-11-24-16-7-3-2-4-8-16)19(23)20-15-6-5-9-17(12-15)25-13-18(21)22/h2-9,12,14H,10-11,13H2,1H3,(H,20,23)(H,21,22). The fourth-order valence-electron chi connectivity index (χ4n) is 2.08. The lowest BCUT2D eigenvalue weighted by Gasteiger charge is -2.13. The molecule has 1 atom stereocenters. The van der Waals surface area contributed by atoms with Crippen LogP contribution in [0.3, 0.4) is 0 Å². The first kappa shape index (κ1) is 18.3. The molecule has 0 saturated carbocycles. The molecule has 1 unspecified atom stereocenters. The molecule has 132 valence electrons. The Hall–Kier alpha value is -3.02. The quantitative estimate of drug-likeness (QED) is 0.730. The van der Waals surface area contributed by atoms with Crippen LogP contribution in [0.4, 0.5) is 5.69 Å². The zero-order chi connectivity index (χ0) is 18.1. The summed E-state index contributed by atoms with van der Waals surface area (Å²) in [7, 11) is 0. The number of hydrogen-bond acceptors (Lipinski definition) is 4. The second kappa shape index (κ2) is 9.32. The van der Waals surface area contributed by atoms with Gasteiger partial charge in [-0.2, -0.15) is 0 Å². The molecule has 6 heteroatoms. The van der Waals surface area contributed by atoms with Crippen LogP contribution in [-0.4, -0.2) is 30.2 Å². The molecule has 0 bridgehead atoms. The maximum atomic E-state index is 12.2. The van der Waals surface area contributed by atoms with Crippen molar-refractivity contribution >= 4 is 17.6 Å². The van der Waals surface area contributed by atoms with Gasteiger partial charge in [-0.25, -0.2) is 4.79 Å². The minimum atomic E-state index is -1.05. The maximum absolute atomic E-state index is 12.2. The zero-order valence-corrected chi connectivity index (χ0v) is 14.0. The fraction of sp³-hybridized carbons (Fsp3) is 0.263. The van der Waals surface area contributed by atoms with Gasteiger partial charge in [-0.1, -0.05) is 31.2 Å². The number of para-hydroxylation sites is 1. The lowest BCUT2D eigenvalue weighted by atomic mass is 10.1. The van der Waals surface area contributed by atoms with E-state index in [1.807, 2.05) is 37.3 Å². The van der Waals surface area contributed by atoms with E-state index in [1.54, 1.807) is 24.3 Å². The van der Waals surface area contributed by atoms with E-state index in [9.17, 15) is 9.59 Å². The van der Waals surface area contributed by atoms with Crippen LogP contribution in [0.1, 0.15) is 13.3 Å². The molecule has 0 heterocycles. The summed E-state index contributed by atoms with van der Waals surface area (Å²) in [5.41, 5.74) is 0.559. The van der Waals surface area contributed by atoms with Crippen molar-refractivity contribution in [3.05, 3.63) is 54.6 Å². The molecule has 0 aliphatic heterocycles. The molecule has 0 spiro atoms. The average Bonchev–Trinajstić information content (AvgIpc) is 2.61. The number of carbonyl (C=O) groups excluding carboxylic acids is 1. The van der Waals surface area contributed by atoms with Gasteiger partial charge in [0.15, 0.2) is 6.61 Å². The molecule has 0 aliphatic carbocycles. The first-order chi connectivity index (χ1) is 12.0. The first-order valence-electron chi connectivity index (χ1n) is 7.98. The van der Waals surface area contributed by atoms with Crippen molar-refractivity contribution in [3.63, 3.8) is 0 Å². The van der Waals surface area contributed by atoms with Crippen molar-refractivity contribution in [2.45, 2.75) is 13.3 Å². The number of ether oxygens (including phenoxy) is 2. The predicted molar refractivity (Wildman–Crippen MR) is 93.9 cm³/mol. The van der Waals surface area contributed by atoms with Gasteiger partial charge in [0.2, 0.25) is 5.91 Å². The second-order valence-corrected chi connectivity index (χ2v) is 5.55. The topological polar surface area (TPSA) is 84.9 Å². The van der Waals surface area contributed by atoms with Crippen molar-refractivity contribution < 1.29 is 24.2 Å². The molecule has 2 rings (SSSR count). The molecular formula is C19H21NO5. The third kappa shape index (κ3) is 6.55. The van der Waals surface area contributed by atoms with E-state index in [2.05, 4.69) is 5.32 Å². The average molecular weight is 343 g/mol. The van der Waals surface area contributed by atoms with Gasteiger partial charge >= 0.3 is 5.97 Å². The number of aliphatic carboxylic acids is 1. The minimum absolute atomic E-state index is 0.132. The largest absolute Gasteiger partial charge is 0.494 e. The van der Waals surface area contributed by atoms with Gasteiger partial charge in [-0.3, -0.25) is 4.79 Å². The summed E-state index contributed by atoms with van der Waals surface area (Å²) < 4.78 is 10.7. The van der Waals surface area contributed by atoms with E-state index in [4.69, 9.17) is 14.6 Å². The summed E-state index contributed by atoms with van der Waals surface area (Å²) in [4.78, 5) is 22.8. The highest BCUT2D eigenvalue weighted by molar-refractivity contribution is 5.92. The van der Waals surface area contributed by atoms with Crippen LogP contribution in [0.25, 0.3) is 0 Å². The van der Waals surface area contributed by atoms with Crippen LogP contribution in [0.5, 0.6) is 11.5 Å². The Morgan fingerprint density at radius 1 is 1.04 bits per heavy atom. The molecule has 0 aromatic heterocycles. The zero-order valence-electron chi connectivity index (χ0n) is 14.0. The van der Waals surface area contributed by atoms with Crippen molar-refractivity contribution in [3.8, 4) is 11.5 Å². The van der Waals surface area contributed by atoms with Crippen molar-refractivity contribution in [1.29, 1.82) is 0 Å². The fourth-order valence-corrected chi connectivity index (χ4v) is 2.08. The number of rotatable bonds is 9. The first-order valence-corrected chi connectivity index (χ1v) is 7.98. The van der Waals surface area contributed by atoms with Gasteiger partial charge in [-0.15, -0.1) is 0 Å². The smallest absolute Gasteiger partial charge is 0.341 e. The Morgan fingerprint density at radius 2 is 1.76 bits per heavy atom. The monoisotopic (exact) mass is 343 g/mol. The Morgan fingerprint density at radius 3 is 2.48 bits per heavy atom.